The number of piperazine rings is 1. The van der Waals surface area contributed by atoms with E-state index in [1.807, 2.05) is 54.3 Å². The van der Waals surface area contributed by atoms with Gasteiger partial charge in [-0.25, -0.2) is 0 Å². The van der Waals surface area contributed by atoms with Crippen LogP contribution < -0.4 is 9.64 Å². The van der Waals surface area contributed by atoms with E-state index in [-0.39, 0.29) is 5.91 Å². The molecule has 1 aliphatic heterocycles. The molecule has 0 unspecified atom stereocenters. The summed E-state index contributed by atoms with van der Waals surface area (Å²) in [6.45, 7) is 5.76. The molecule has 3 aromatic rings. The van der Waals surface area contributed by atoms with Gasteiger partial charge in [-0.05, 0) is 49.4 Å². The number of rotatable bonds is 7. The number of nitrogens with zero attached hydrogens (tertiary/aromatic N) is 2. The number of thioether (sulfide) groups is 1. The third-order valence-corrected chi connectivity index (χ3v) is 6.49. The lowest BCUT2D eigenvalue weighted by Crippen LogP contribution is -2.48. The van der Waals surface area contributed by atoms with Gasteiger partial charge in [-0.15, -0.1) is 11.8 Å². The van der Waals surface area contributed by atoms with Crippen molar-refractivity contribution in [2.75, 3.05) is 37.7 Å². The van der Waals surface area contributed by atoms with Crippen molar-refractivity contribution >= 4 is 23.4 Å². The fourth-order valence-corrected chi connectivity index (χ4v) is 4.69. The fourth-order valence-electron chi connectivity index (χ4n) is 3.79. The monoisotopic (exact) mass is 432 g/mol. The third kappa shape index (κ3) is 5.42. The Bertz CT molecular complexity index is 987. The van der Waals surface area contributed by atoms with E-state index in [1.54, 1.807) is 11.8 Å². The molecule has 1 heterocycles. The van der Waals surface area contributed by atoms with Crippen molar-refractivity contribution in [2.24, 2.45) is 0 Å². The molecule has 31 heavy (non-hydrogen) atoms. The highest BCUT2D eigenvalue weighted by Gasteiger charge is 2.23. The van der Waals surface area contributed by atoms with Crippen LogP contribution in [0.4, 0.5) is 5.69 Å². The number of amides is 1. The van der Waals surface area contributed by atoms with Gasteiger partial charge in [-0.2, -0.15) is 0 Å². The molecule has 5 heteroatoms. The van der Waals surface area contributed by atoms with E-state index in [4.69, 9.17) is 4.74 Å². The van der Waals surface area contributed by atoms with Crippen LogP contribution in [0.15, 0.2) is 83.8 Å². The van der Waals surface area contributed by atoms with Gasteiger partial charge in [-0.1, -0.05) is 36.4 Å². The number of anilines is 1. The topological polar surface area (TPSA) is 32.8 Å². The summed E-state index contributed by atoms with van der Waals surface area (Å²) in [5.41, 5.74) is 3.01. The van der Waals surface area contributed by atoms with Crippen molar-refractivity contribution in [3.8, 4) is 5.75 Å². The Hall–Kier alpha value is -2.92. The second-order valence-corrected chi connectivity index (χ2v) is 8.52. The SMILES string of the molecule is CCOc1ccc(C(=O)N2CCN(c3ccccc3)CC2)cc1CSc1ccccc1. The maximum absolute atomic E-state index is 13.2. The summed E-state index contributed by atoms with van der Waals surface area (Å²) >= 11 is 1.76. The first kappa shape index (κ1) is 21.3. The van der Waals surface area contributed by atoms with Crippen LogP contribution in [0.3, 0.4) is 0 Å². The highest BCUT2D eigenvalue weighted by molar-refractivity contribution is 7.98. The normalized spacial score (nSPS) is 13.8. The molecule has 1 aliphatic rings. The van der Waals surface area contributed by atoms with Gasteiger partial charge in [0.1, 0.15) is 5.75 Å². The molecule has 0 saturated carbocycles. The molecule has 4 rings (SSSR count). The van der Waals surface area contributed by atoms with E-state index in [0.717, 1.165) is 48.8 Å². The minimum Gasteiger partial charge on any atom is -0.494 e. The first-order valence-corrected chi connectivity index (χ1v) is 11.8. The molecule has 0 N–H and O–H groups in total. The van der Waals surface area contributed by atoms with Crippen LogP contribution in [-0.4, -0.2) is 43.6 Å². The van der Waals surface area contributed by atoms with Crippen molar-refractivity contribution in [3.63, 3.8) is 0 Å². The highest BCUT2D eigenvalue weighted by Crippen LogP contribution is 2.29. The van der Waals surface area contributed by atoms with E-state index < -0.39 is 0 Å². The van der Waals surface area contributed by atoms with Crippen LogP contribution in [0.5, 0.6) is 5.75 Å². The molecule has 1 saturated heterocycles. The van der Waals surface area contributed by atoms with Crippen molar-refractivity contribution in [2.45, 2.75) is 17.6 Å². The van der Waals surface area contributed by atoms with Crippen LogP contribution in [0.1, 0.15) is 22.8 Å². The zero-order valence-corrected chi connectivity index (χ0v) is 18.7. The average molecular weight is 433 g/mol. The second kappa shape index (κ2) is 10.4. The number of benzene rings is 3. The van der Waals surface area contributed by atoms with Crippen molar-refractivity contribution in [1.82, 2.24) is 4.90 Å². The van der Waals surface area contributed by atoms with Gasteiger partial charge in [-0.3, -0.25) is 4.79 Å². The van der Waals surface area contributed by atoms with Gasteiger partial charge in [0.25, 0.3) is 5.91 Å². The average Bonchev–Trinajstić information content (AvgIpc) is 2.84. The Morgan fingerprint density at radius 2 is 1.58 bits per heavy atom. The summed E-state index contributed by atoms with van der Waals surface area (Å²) in [5.74, 6) is 1.72. The Labute approximate surface area is 188 Å². The summed E-state index contributed by atoms with van der Waals surface area (Å²) in [6, 6.07) is 26.6. The van der Waals surface area contributed by atoms with Gasteiger partial charge in [0, 0.05) is 53.6 Å². The molecule has 4 nitrogen and oxygen atoms in total. The summed E-state index contributed by atoms with van der Waals surface area (Å²) in [6.07, 6.45) is 0. The van der Waals surface area contributed by atoms with Gasteiger partial charge in [0.15, 0.2) is 0 Å². The molecule has 0 radical (unpaired) electrons. The predicted molar refractivity (Wildman–Crippen MR) is 128 cm³/mol. The first-order valence-electron chi connectivity index (χ1n) is 10.8. The molecule has 1 fully saturated rings. The lowest BCUT2D eigenvalue weighted by Gasteiger charge is -2.36. The Balaban J connectivity index is 1.44. The lowest BCUT2D eigenvalue weighted by atomic mass is 10.1. The van der Waals surface area contributed by atoms with E-state index in [0.29, 0.717) is 6.61 Å². The maximum Gasteiger partial charge on any atom is 0.253 e. The number of ether oxygens (including phenoxy) is 1. The van der Waals surface area contributed by atoms with Crippen LogP contribution in [0, 0.1) is 0 Å². The quantitative estimate of drug-likeness (QED) is 0.472. The van der Waals surface area contributed by atoms with Gasteiger partial charge in [0.05, 0.1) is 6.61 Å². The van der Waals surface area contributed by atoms with Crippen LogP contribution >= 0.6 is 11.8 Å². The summed E-state index contributed by atoms with van der Waals surface area (Å²) in [4.78, 5) is 18.7. The van der Waals surface area contributed by atoms with E-state index >= 15 is 0 Å². The standard InChI is InChI=1S/C26H28N2O2S/c1-2-30-25-14-13-21(19-22(25)20-31-24-11-7-4-8-12-24)26(29)28-17-15-27(16-18-28)23-9-5-3-6-10-23/h3-14,19H,2,15-18,20H2,1H3. The third-order valence-electron chi connectivity index (χ3n) is 5.43. The summed E-state index contributed by atoms with van der Waals surface area (Å²) < 4.78 is 5.82. The number of carbonyl (C=O) groups is 1. The van der Waals surface area contributed by atoms with Crippen molar-refractivity contribution in [3.05, 3.63) is 90.0 Å². The molecule has 0 bridgehead atoms. The van der Waals surface area contributed by atoms with Gasteiger partial charge in [0.2, 0.25) is 0 Å². The van der Waals surface area contributed by atoms with Gasteiger partial charge < -0.3 is 14.5 Å². The van der Waals surface area contributed by atoms with Gasteiger partial charge >= 0.3 is 0 Å². The number of carbonyl (C=O) groups excluding carboxylic acids is 1. The van der Waals surface area contributed by atoms with E-state index in [9.17, 15) is 4.79 Å². The second-order valence-electron chi connectivity index (χ2n) is 7.47. The fraction of sp³-hybridized carbons (Fsp3) is 0.269. The van der Waals surface area contributed by atoms with Crippen LogP contribution in [-0.2, 0) is 5.75 Å². The number of hydrogen-bond acceptors (Lipinski definition) is 4. The molecule has 0 spiro atoms. The Morgan fingerprint density at radius 1 is 0.903 bits per heavy atom. The van der Waals surface area contributed by atoms with Crippen LogP contribution in [0.2, 0.25) is 0 Å². The minimum atomic E-state index is 0.0988. The highest BCUT2D eigenvalue weighted by atomic mass is 32.2. The zero-order chi connectivity index (χ0) is 21.5. The van der Waals surface area contributed by atoms with Crippen molar-refractivity contribution < 1.29 is 9.53 Å². The van der Waals surface area contributed by atoms with Crippen molar-refractivity contribution in [1.29, 1.82) is 0 Å². The molecule has 1 amide bonds. The Kier molecular flexibility index (Phi) is 7.15. The number of hydrogen-bond donors (Lipinski definition) is 0. The molecular formula is C26H28N2O2S. The lowest BCUT2D eigenvalue weighted by molar-refractivity contribution is 0.0746. The molecular weight excluding hydrogens is 404 g/mol. The maximum atomic E-state index is 13.2. The van der Waals surface area contributed by atoms with E-state index in [1.165, 1.54) is 10.6 Å². The summed E-state index contributed by atoms with van der Waals surface area (Å²) in [7, 11) is 0. The molecule has 0 atom stereocenters. The molecule has 0 aliphatic carbocycles. The Morgan fingerprint density at radius 3 is 2.26 bits per heavy atom. The predicted octanol–water partition coefficient (Wildman–Crippen LogP) is 5.34. The zero-order valence-electron chi connectivity index (χ0n) is 17.9. The van der Waals surface area contributed by atoms with E-state index in [2.05, 4.69) is 41.3 Å². The summed E-state index contributed by atoms with van der Waals surface area (Å²) in [5, 5.41) is 0. The molecule has 160 valence electrons. The first-order chi connectivity index (χ1) is 15.2. The molecule has 0 aromatic heterocycles. The number of para-hydroxylation sites is 1. The largest absolute Gasteiger partial charge is 0.494 e. The molecule has 3 aromatic carbocycles. The minimum absolute atomic E-state index is 0.0988. The van der Waals surface area contributed by atoms with Crippen LogP contribution in [0.25, 0.3) is 0 Å². The smallest absolute Gasteiger partial charge is 0.253 e.